The van der Waals surface area contributed by atoms with Crippen molar-refractivity contribution in [2.24, 2.45) is 11.8 Å². The van der Waals surface area contributed by atoms with Crippen molar-refractivity contribution < 1.29 is 0 Å². The molecule has 0 saturated heterocycles. The van der Waals surface area contributed by atoms with Crippen molar-refractivity contribution in [2.45, 2.75) is 31.7 Å². The van der Waals surface area contributed by atoms with E-state index >= 15 is 0 Å². The molecule has 3 atom stereocenters. The summed E-state index contributed by atoms with van der Waals surface area (Å²) < 4.78 is 1.36. The average molecular weight is 180 g/mol. The maximum Gasteiger partial charge on any atom is 0.0447 e. The number of nitrogens with zero attached hydrogens (tertiary/aromatic N) is 1. The maximum atomic E-state index is 5.68. The molecule has 2 aliphatic carbocycles. The van der Waals surface area contributed by atoms with Crippen molar-refractivity contribution in [3.8, 4) is 0 Å². The monoisotopic (exact) mass is 179 g/mol. The van der Waals surface area contributed by atoms with Crippen LogP contribution in [0, 0.1) is 11.8 Å². The summed E-state index contributed by atoms with van der Waals surface area (Å²) in [5.41, 5.74) is 0. The zero-order chi connectivity index (χ0) is 7.14. The lowest BCUT2D eigenvalue weighted by molar-refractivity contribution is 0.328. The van der Waals surface area contributed by atoms with Gasteiger partial charge in [-0.25, -0.2) is 0 Å². The molecule has 0 radical (unpaired) electrons. The Morgan fingerprint density at radius 2 is 1.90 bits per heavy atom. The van der Waals surface area contributed by atoms with Crippen molar-refractivity contribution in [3.63, 3.8) is 0 Å². The highest BCUT2D eigenvalue weighted by molar-refractivity contribution is 6.34. The molecule has 0 heterocycles. The first-order valence-electron chi connectivity index (χ1n) is 3.88. The molecule has 0 aromatic carbocycles. The molecule has 2 aliphatic rings. The van der Waals surface area contributed by atoms with E-state index in [2.05, 4.69) is 0 Å². The third-order valence-corrected chi connectivity index (χ3v) is 3.45. The molecule has 10 heavy (non-hydrogen) atoms. The summed E-state index contributed by atoms with van der Waals surface area (Å²) in [5, 5.41) is 0. The van der Waals surface area contributed by atoms with Gasteiger partial charge in [0.05, 0.1) is 0 Å². The predicted molar refractivity (Wildman–Crippen MR) is 42.8 cm³/mol. The van der Waals surface area contributed by atoms with Crippen LogP contribution in [0.25, 0.3) is 0 Å². The SMILES string of the molecule is ClN(Cl)[C@H]1C[C@@H]2CC[C@H]1C2. The second-order valence-electron chi connectivity index (χ2n) is 3.50. The minimum atomic E-state index is 0.460. The van der Waals surface area contributed by atoms with Crippen molar-refractivity contribution in [2.75, 3.05) is 0 Å². The minimum Gasteiger partial charge on any atom is -0.128 e. The lowest BCUT2D eigenvalue weighted by atomic mass is 9.96. The van der Waals surface area contributed by atoms with Gasteiger partial charge in [0.2, 0.25) is 0 Å². The summed E-state index contributed by atoms with van der Waals surface area (Å²) in [6.07, 6.45) is 5.33. The summed E-state index contributed by atoms with van der Waals surface area (Å²) in [4.78, 5) is 0. The lowest BCUT2D eigenvalue weighted by Gasteiger charge is -2.23. The van der Waals surface area contributed by atoms with E-state index in [0.29, 0.717) is 6.04 Å². The van der Waals surface area contributed by atoms with E-state index in [1.165, 1.54) is 29.6 Å². The topological polar surface area (TPSA) is 3.24 Å². The number of hydrogen-bond donors (Lipinski definition) is 0. The van der Waals surface area contributed by atoms with Crippen LogP contribution in [-0.2, 0) is 0 Å². The minimum absolute atomic E-state index is 0.460. The van der Waals surface area contributed by atoms with E-state index in [-0.39, 0.29) is 0 Å². The second-order valence-corrected chi connectivity index (χ2v) is 4.40. The van der Waals surface area contributed by atoms with Crippen LogP contribution in [0.3, 0.4) is 0 Å². The van der Waals surface area contributed by atoms with Gasteiger partial charge < -0.3 is 0 Å². The first-order valence-corrected chi connectivity index (χ1v) is 4.56. The zero-order valence-electron chi connectivity index (χ0n) is 5.76. The molecule has 0 amide bonds. The Bertz CT molecular complexity index is 138. The second kappa shape index (κ2) is 2.54. The molecule has 1 nitrogen and oxygen atoms in total. The molecule has 2 fully saturated rings. The van der Waals surface area contributed by atoms with Crippen molar-refractivity contribution in [3.05, 3.63) is 0 Å². The van der Waals surface area contributed by atoms with Gasteiger partial charge in [0.25, 0.3) is 0 Å². The van der Waals surface area contributed by atoms with Gasteiger partial charge in [-0.1, -0.05) is 6.42 Å². The van der Waals surface area contributed by atoms with E-state index in [0.717, 1.165) is 11.8 Å². The number of fused-ring (bicyclic) bond motifs is 2. The van der Waals surface area contributed by atoms with E-state index in [1.54, 1.807) is 0 Å². The molecule has 0 aromatic rings. The van der Waals surface area contributed by atoms with E-state index in [4.69, 9.17) is 23.6 Å². The quantitative estimate of drug-likeness (QED) is 0.561. The van der Waals surface area contributed by atoms with Crippen LogP contribution >= 0.6 is 23.6 Å². The van der Waals surface area contributed by atoms with E-state index < -0.39 is 0 Å². The Labute approximate surface area is 71.5 Å². The lowest BCUT2D eigenvalue weighted by Crippen LogP contribution is -2.25. The first-order chi connectivity index (χ1) is 4.77. The highest BCUT2D eigenvalue weighted by Crippen LogP contribution is 2.47. The van der Waals surface area contributed by atoms with Gasteiger partial charge in [-0.05, 0) is 54.7 Å². The van der Waals surface area contributed by atoms with Gasteiger partial charge >= 0.3 is 0 Å². The van der Waals surface area contributed by atoms with Crippen LogP contribution in [-0.4, -0.2) is 9.98 Å². The van der Waals surface area contributed by atoms with Crippen molar-refractivity contribution in [1.29, 1.82) is 0 Å². The van der Waals surface area contributed by atoms with Gasteiger partial charge in [0.1, 0.15) is 0 Å². The van der Waals surface area contributed by atoms with Crippen LogP contribution < -0.4 is 0 Å². The standard InChI is InChI=1S/C7H11Cl2N/c8-10(9)7-4-5-1-2-6(7)3-5/h5-7H,1-4H2/t5-,6+,7+/m1/s1. The molecule has 2 saturated carbocycles. The van der Waals surface area contributed by atoms with Crippen LogP contribution in [0.4, 0.5) is 0 Å². The molecule has 0 aromatic heterocycles. The van der Waals surface area contributed by atoms with Crippen molar-refractivity contribution >= 4 is 23.6 Å². The van der Waals surface area contributed by atoms with Crippen LogP contribution in [0.5, 0.6) is 0 Å². The van der Waals surface area contributed by atoms with Crippen LogP contribution in [0.1, 0.15) is 25.7 Å². The first kappa shape index (κ1) is 7.20. The zero-order valence-corrected chi connectivity index (χ0v) is 7.28. The molecule has 0 unspecified atom stereocenters. The molecule has 0 N–H and O–H groups in total. The highest BCUT2D eigenvalue weighted by Gasteiger charge is 2.41. The molecule has 0 aliphatic heterocycles. The highest BCUT2D eigenvalue weighted by atomic mass is 35.5. The molecule has 58 valence electrons. The summed E-state index contributed by atoms with van der Waals surface area (Å²) in [5.74, 6) is 1.72. The fourth-order valence-corrected chi connectivity index (χ4v) is 2.93. The third kappa shape index (κ3) is 1.05. The number of rotatable bonds is 1. The summed E-state index contributed by atoms with van der Waals surface area (Å²) in [7, 11) is 0. The summed E-state index contributed by atoms with van der Waals surface area (Å²) in [6.45, 7) is 0. The van der Waals surface area contributed by atoms with Crippen molar-refractivity contribution in [1.82, 2.24) is 3.94 Å². The molecular weight excluding hydrogens is 169 g/mol. The maximum absolute atomic E-state index is 5.68. The largest absolute Gasteiger partial charge is 0.128 e. The van der Waals surface area contributed by atoms with Gasteiger partial charge in [-0.2, -0.15) is 0 Å². The average Bonchev–Trinajstić information content (AvgIpc) is 2.44. The predicted octanol–water partition coefficient (Wildman–Crippen LogP) is 2.78. The summed E-state index contributed by atoms with van der Waals surface area (Å²) in [6, 6.07) is 0.460. The Hall–Kier alpha value is 0.540. The van der Waals surface area contributed by atoms with Crippen LogP contribution in [0.2, 0.25) is 0 Å². The molecular formula is C7H11Cl2N. The van der Waals surface area contributed by atoms with Gasteiger partial charge in [-0.3, -0.25) is 0 Å². The van der Waals surface area contributed by atoms with E-state index in [1.807, 2.05) is 0 Å². The van der Waals surface area contributed by atoms with Gasteiger partial charge in [0, 0.05) is 6.04 Å². The third-order valence-electron chi connectivity index (χ3n) is 2.95. The molecule has 2 rings (SSSR count). The van der Waals surface area contributed by atoms with E-state index in [9.17, 15) is 0 Å². The fraction of sp³-hybridized carbons (Fsp3) is 1.00. The van der Waals surface area contributed by atoms with Crippen LogP contribution in [0.15, 0.2) is 0 Å². The number of halogens is 2. The summed E-state index contributed by atoms with van der Waals surface area (Å²) >= 11 is 11.4. The van der Waals surface area contributed by atoms with Gasteiger partial charge in [-0.15, -0.1) is 3.94 Å². The van der Waals surface area contributed by atoms with Gasteiger partial charge in [0.15, 0.2) is 0 Å². The Morgan fingerprint density at radius 1 is 1.10 bits per heavy atom. The normalized spacial score (nSPS) is 45.3. The smallest absolute Gasteiger partial charge is 0.0447 e. The molecule has 3 heteroatoms. The Balaban J connectivity index is 2.02. The molecule has 0 spiro atoms. The Kier molecular flexibility index (Phi) is 1.83. The Morgan fingerprint density at radius 3 is 2.20 bits per heavy atom. The number of hydrogen-bond acceptors (Lipinski definition) is 1. The molecule has 2 bridgehead atoms. The fourth-order valence-electron chi connectivity index (χ4n) is 2.45.